The minimum atomic E-state index is 1.07. The molecule has 0 fully saturated rings. The summed E-state index contributed by atoms with van der Waals surface area (Å²) >= 11 is 0. The second kappa shape index (κ2) is 3.21. The molecule has 0 spiro atoms. The Labute approximate surface area is 78.9 Å². The minimum Gasteiger partial charge on any atom is -0.374 e. The van der Waals surface area contributed by atoms with Gasteiger partial charge in [0.2, 0.25) is 0 Å². The molecule has 0 aromatic carbocycles. The molecule has 0 atom stereocenters. The zero-order valence-electron chi connectivity index (χ0n) is 8.12. The summed E-state index contributed by atoms with van der Waals surface area (Å²) in [5.74, 6) is 0. The third-order valence-corrected chi connectivity index (χ3v) is 2.42. The Hall–Kier alpha value is -1.31. The van der Waals surface area contributed by atoms with Gasteiger partial charge in [-0.1, -0.05) is 6.08 Å². The lowest BCUT2D eigenvalue weighted by atomic mass is 10.2. The predicted octanol–water partition coefficient (Wildman–Crippen LogP) is 2.07. The van der Waals surface area contributed by atoms with Crippen LogP contribution in [0.2, 0.25) is 0 Å². The SMILES string of the molecule is Cc1ccc(C2=CCCN2C)cn1. The molecule has 0 aliphatic carbocycles. The smallest absolute Gasteiger partial charge is 0.0413 e. The van der Waals surface area contributed by atoms with Crippen LogP contribution in [0.25, 0.3) is 5.70 Å². The normalized spacial score (nSPS) is 16.2. The van der Waals surface area contributed by atoms with Crippen LogP contribution in [0.15, 0.2) is 24.4 Å². The van der Waals surface area contributed by atoms with Crippen LogP contribution < -0.4 is 0 Å². The molecule has 0 saturated carbocycles. The van der Waals surface area contributed by atoms with Gasteiger partial charge >= 0.3 is 0 Å². The number of hydrogen-bond acceptors (Lipinski definition) is 2. The van der Waals surface area contributed by atoms with Gasteiger partial charge in [-0.05, 0) is 25.5 Å². The van der Waals surface area contributed by atoms with Crippen molar-refractivity contribution in [1.29, 1.82) is 0 Å². The number of rotatable bonds is 1. The molecule has 0 unspecified atom stereocenters. The van der Waals surface area contributed by atoms with E-state index in [1.807, 2.05) is 13.1 Å². The quantitative estimate of drug-likeness (QED) is 0.648. The summed E-state index contributed by atoms with van der Waals surface area (Å²) in [7, 11) is 2.12. The van der Waals surface area contributed by atoms with E-state index in [4.69, 9.17) is 0 Å². The highest BCUT2D eigenvalue weighted by atomic mass is 15.1. The third kappa shape index (κ3) is 1.57. The lowest BCUT2D eigenvalue weighted by Gasteiger charge is -2.15. The molecule has 2 heteroatoms. The first-order valence-corrected chi connectivity index (χ1v) is 4.62. The molecular weight excluding hydrogens is 160 g/mol. The molecule has 1 aromatic heterocycles. The van der Waals surface area contributed by atoms with Crippen molar-refractivity contribution in [1.82, 2.24) is 9.88 Å². The van der Waals surface area contributed by atoms with Crippen LogP contribution in [-0.4, -0.2) is 23.5 Å². The molecule has 0 saturated heterocycles. The number of nitrogens with zero attached hydrogens (tertiary/aromatic N) is 2. The van der Waals surface area contributed by atoms with Gasteiger partial charge in [0.15, 0.2) is 0 Å². The number of hydrogen-bond donors (Lipinski definition) is 0. The lowest BCUT2D eigenvalue weighted by molar-refractivity contribution is 0.517. The topological polar surface area (TPSA) is 16.1 Å². The molecule has 1 aromatic rings. The van der Waals surface area contributed by atoms with E-state index in [1.165, 1.54) is 11.3 Å². The molecule has 0 radical (unpaired) electrons. The van der Waals surface area contributed by atoms with E-state index in [-0.39, 0.29) is 0 Å². The van der Waals surface area contributed by atoms with Crippen LogP contribution >= 0.6 is 0 Å². The van der Waals surface area contributed by atoms with Crippen LogP contribution in [0, 0.1) is 6.92 Å². The molecule has 2 nitrogen and oxygen atoms in total. The van der Waals surface area contributed by atoms with Gasteiger partial charge in [0.05, 0.1) is 0 Å². The van der Waals surface area contributed by atoms with Crippen LogP contribution in [-0.2, 0) is 0 Å². The average Bonchev–Trinajstić information content (AvgIpc) is 2.53. The highest BCUT2D eigenvalue weighted by molar-refractivity contribution is 5.64. The summed E-state index contributed by atoms with van der Waals surface area (Å²) in [5.41, 5.74) is 3.61. The summed E-state index contributed by atoms with van der Waals surface area (Å²) < 4.78 is 0. The Morgan fingerprint density at radius 1 is 1.38 bits per heavy atom. The Morgan fingerprint density at radius 3 is 2.77 bits per heavy atom. The zero-order valence-corrected chi connectivity index (χ0v) is 8.12. The molecule has 68 valence electrons. The number of pyridine rings is 1. The van der Waals surface area contributed by atoms with Gasteiger partial charge in [-0.3, -0.25) is 4.98 Å². The first-order valence-electron chi connectivity index (χ1n) is 4.62. The van der Waals surface area contributed by atoms with Gasteiger partial charge in [-0.25, -0.2) is 0 Å². The van der Waals surface area contributed by atoms with Gasteiger partial charge in [0, 0.05) is 36.7 Å². The summed E-state index contributed by atoms with van der Waals surface area (Å²) in [5, 5.41) is 0. The highest BCUT2D eigenvalue weighted by Gasteiger charge is 2.11. The summed E-state index contributed by atoms with van der Waals surface area (Å²) in [6.45, 7) is 3.14. The van der Waals surface area contributed by atoms with Crippen molar-refractivity contribution in [3.63, 3.8) is 0 Å². The van der Waals surface area contributed by atoms with E-state index in [0.29, 0.717) is 0 Å². The monoisotopic (exact) mass is 174 g/mol. The van der Waals surface area contributed by atoms with Gasteiger partial charge in [-0.15, -0.1) is 0 Å². The van der Waals surface area contributed by atoms with Crippen molar-refractivity contribution in [2.24, 2.45) is 0 Å². The van der Waals surface area contributed by atoms with Crippen LogP contribution in [0.5, 0.6) is 0 Å². The van der Waals surface area contributed by atoms with Crippen molar-refractivity contribution >= 4 is 5.70 Å². The van der Waals surface area contributed by atoms with Gasteiger partial charge in [0.1, 0.15) is 0 Å². The van der Waals surface area contributed by atoms with Crippen LogP contribution in [0.1, 0.15) is 17.7 Å². The second-order valence-electron chi connectivity index (χ2n) is 3.49. The van der Waals surface area contributed by atoms with E-state index < -0.39 is 0 Å². The highest BCUT2D eigenvalue weighted by Crippen LogP contribution is 2.22. The Morgan fingerprint density at radius 2 is 2.23 bits per heavy atom. The van der Waals surface area contributed by atoms with Crippen LogP contribution in [0.4, 0.5) is 0 Å². The molecule has 1 aliphatic rings. The summed E-state index contributed by atoms with van der Waals surface area (Å²) in [6.07, 6.45) is 5.37. The Kier molecular flexibility index (Phi) is 2.05. The largest absolute Gasteiger partial charge is 0.374 e. The number of aromatic nitrogens is 1. The van der Waals surface area contributed by atoms with E-state index >= 15 is 0 Å². The second-order valence-corrected chi connectivity index (χ2v) is 3.49. The fourth-order valence-electron chi connectivity index (χ4n) is 1.63. The molecule has 0 amide bonds. The van der Waals surface area contributed by atoms with Crippen molar-refractivity contribution in [3.8, 4) is 0 Å². The Balaban J connectivity index is 2.30. The van der Waals surface area contributed by atoms with Crippen molar-refractivity contribution in [2.75, 3.05) is 13.6 Å². The van der Waals surface area contributed by atoms with E-state index in [2.05, 4.69) is 35.1 Å². The third-order valence-electron chi connectivity index (χ3n) is 2.42. The van der Waals surface area contributed by atoms with E-state index in [9.17, 15) is 0 Å². The van der Waals surface area contributed by atoms with Crippen LogP contribution in [0.3, 0.4) is 0 Å². The minimum absolute atomic E-state index is 1.07. The number of aryl methyl sites for hydroxylation is 1. The van der Waals surface area contributed by atoms with Crippen molar-refractivity contribution < 1.29 is 0 Å². The van der Waals surface area contributed by atoms with Gasteiger partial charge in [-0.2, -0.15) is 0 Å². The van der Waals surface area contributed by atoms with E-state index in [0.717, 1.165) is 18.7 Å². The standard InChI is InChI=1S/C11H14N2/c1-9-5-6-10(8-12-9)11-4-3-7-13(11)2/h4-6,8H,3,7H2,1-2H3. The molecule has 1 aliphatic heterocycles. The maximum absolute atomic E-state index is 4.29. The lowest BCUT2D eigenvalue weighted by Crippen LogP contribution is -2.12. The van der Waals surface area contributed by atoms with E-state index in [1.54, 1.807) is 0 Å². The average molecular weight is 174 g/mol. The molecule has 2 heterocycles. The summed E-state index contributed by atoms with van der Waals surface area (Å²) in [4.78, 5) is 6.56. The fraction of sp³-hybridized carbons (Fsp3) is 0.364. The molecule has 13 heavy (non-hydrogen) atoms. The van der Waals surface area contributed by atoms with Crippen molar-refractivity contribution in [3.05, 3.63) is 35.7 Å². The molecule has 0 bridgehead atoms. The molecular formula is C11H14N2. The van der Waals surface area contributed by atoms with Gasteiger partial charge in [0.25, 0.3) is 0 Å². The Bertz CT molecular complexity index is 324. The zero-order chi connectivity index (χ0) is 9.26. The predicted molar refractivity (Wildman–Crippen MR) is 54.2 cm³/mol. The maximum Gasteiger partial charge on any atom is 0.0413 e. The van der Waals surface area contributed by atoms with Gasteiger partial charge < -0.3 is 4.90 Å². The first-order chi connectivity index (χ1) is 6.27. The molecule has 0 N–H and O–H groups in total. The fourth-order valence-corrected chi connectivity index (χ4v) is 1.63. The van der Waals surface area contributed by atoms with Crippen molar-refractivity contribution in [2.45, 2.75) is 13.3 Å². The first kappa shape index (κ1) is 8.30. The summed E-state index contributed by atoms with van der Waals surface area (Å²) in [6, 6.07) is 4.19. The maximum atomic E-state index is 4.29. The molecule has 2 rings (SSSR count).